The third kappa shape index (κ3) is 2.57. The Morgan fingerprint density at radius 3 is 1.81 bits per heavy atom. The molecule has 0 bridgehead atoms. The molecule has 0 amide bonds. The molecule has 21 heavy (non-hydrogen) atoms. The van der Waals surface area contributed by atoms with E-state index in [1.54, 1.807) is 0 Å². The van der Waals surface area contributed by atoms with Gasteiger partial charge in [-0.25, -0.2) is 0 Å². The summed E-state index contributed by atoms with van der Waals surface area (Å²) in [5, 5.41) is 9.20. The van der Waals surface area contributed by atoms with Crippen LogP contribution in [-0.2, 0) is 0 Å². The minimum absolute atomic E-state index is 0.709. The smallest absolute Gasteiger partial charge is 0.0998 e. The van der Waals surface area contributed by atoms with Crippen molar-refractivity contribution in [1.82, 2.24) is 0 Å². The second-order valence-electron chi connectivity index (χ2n) is 5.05. The van der Waals surface area contributed by atoms with Crippen LogP contribution < -0.4 is 0 Å². The van der Waals surface area contributed by atoms with E-state index in [1.807, 2.05) is 24.3 Å². The van der Waals surface area contributed by atoms with Crippen LogP contribution in [0.3, 0.4) is 0 Å². The number of rotatable bonds is 2. The maximum atomic E-state index is 9.20. The molecule has 0 unspecified atom stereocenters. The van der Waals surface area contributed by atoms with Crippen molar-refractivity contribution >= 4 is 0 Å². The van der Waals surface area contributed by atoms with Crippen molar-refractivity contribution in [3.05, 3.63) is 83.9 Å². The Hall–Kier alpha value is -2.85. The van der Waals surface area contributed by atoms with Crippen molar-refractivity contribution in [3.63, 3.8) is 0 Å². The second-order valence-corrected chi connectivity index (χ2v) is 5.05. The molecule has 0 aliphatic heterocycles. The van der Waals surface area contributed by atoms with Crippen LogP contribution in [0.25, 0.3) is 22.3 Å². The highest BCUT2D eigenvalue weighted by Gasteiger charge is 2.05. The van der Waals surface area contributed by atoms with E-state index in [1.165, 1.54) is 16.7 Å². The molecule has 0 aromatic heterocycles. The van der Waals surface area contributed by atoms with Crippen molar-refractivity contribution in [2.45, 2.75) is 6.92 Å². The highest BCUT2D eigenvalue weighted by molar-refractivity contribution is 5.74. The van der Waals surface area contributed by atoms with Crippen LogP contribution >= 0.6 is 0 Å². The zero-order valence-electron chi connectivity index (χ0n) is 11.9. The highest BCUT2D eigenvalue weighted by Crippen LogP contribution is 2.28. The summed E-state index contributed by atoms with van der Waals surface area (Å²) in [5.74, 6) is 0. The predicted octanol–water partition coefficient (Wildman–Crippen LogP) is 5.20. The van der Waals surface area contributed by atoms with Crippen molar-refractivity contribution in [1.29, 1.82) is 5.26 Å². The second kappa shape index (κ2) is 5.64. The van der Waals surface area contributed by atoms with Gasteiger partial charge in [-0.1, -0.05) is 66.7 Å². The molecule has 0 fully saturated rings. The van der Waals surface area contributed by atoms with E-state index >= 15 is 0 Å². The van der Waals surface area contributed by atoms with Crippen molar-refractivity contribution in [2.75, 3.05) is 0 Å². The molecule has 0 saturated carbocycles. The van der Waals surface area contributed by atoms with Crippen LogP contribution in [0, 0.1) is 18.3 Å². The van der Waals surface area contributed by atoms with Crippen LogP contribution in [0.4, 0.5) is 0 Å². The van der Waals surface area contributed by atoms with Crippen molar-refractivity contribution in [3.8, 4) is 28.3 Å². The first-order valence-electron chi connectivity index (χ1n) is 6.95. The molecule has 0 aliphatic carbocycles. The summed E-state index contributed by atoms with van der Waals surface area (Å²) >= 11 is 0. The number of nitriles is 1. The third-order valence-corrected chi connectivity index (χ3v) is 3.70. The SMILES string of the molecule is Cc1ccccc1-c1ccc(-c2ccccc2C#N)cc1. The summed E-state index contributed by atoms with van der Waals surface area (Å²) in [6.45, 7) is 2.12. The quantitative estimate of drug-likeness (QED) is 0.627. The maximum absolute atomic E-state index is 9.20. The lowest BCUT2D eigenvalue weighted by atomic mass is 9.96. The van der Waals surface area contributed by atoms with Crippen molar-refractivity contribution < 1.29 is 0 Å². The molecular formula is C20H15N. The first kappa shape index (κ1) is 13.1. The molecule has 0 spiro atoms. The first-order valence-corrected chi connectivity index (χ1v) is 6.95. The van der Waals surface area contributed by atoms with Gasteiger partial charge in [0.05, 0.1) is 11.6 Å². The lowest BCUT2D eigenvalue weighted by Crippen LogP contribution is -1.85. The molecule has 1 heteroatoms. The molecule has 0 atom stereocenters. The Morgan fingerprint density at radius 2 is 1.19 bits per heavy atom. The van der Waals surface area contributed by atoms with Crippen LogP contribution in [-0.4, -0.2) is 0 Å². The standard InChI is InChI=1S/C20H15N/c1-15-6-2-4-8-19(15)16-10-12-17(13-11-16)20-9-5-3-7-18(20)14-21/h2-13H,1H3. The topological polar surface area (TPSA) is 23.8 Å². The van der Waals surface area contributed by atoms with E-state index in [0.717, 1.165) is 11.1 Å². The zero-order valence-corrected chi connectivity index (χ0v) is 11.9. The molecule has 3 rings (SSSR count). The van der Waals surface area contributed by atoms with Gasteiger partial charge in [-0.05, 0) is 40.8 Å². The largest absolute Gasteiger partial charge is 0.192 e. The average molecular weight is 269 g/mol. The average Bonchev–Trinajstić information content (AvgIpc) is 2.55. The third-order valence-electron chi connectivity index (χ3n) is 3.70. The Balaban J connectivity index is 2.03. The molecule has 100 valence electrons. The number of nitrogens with zero attached hydrogens (tertiary/aromatic N) is 1. The van der Waals surface area contributed by atoms with E-state index in [4.69, 9.17) is 0 Å². The number of aryl methyl sites for hydroxylation is 1. The Bertz CT molecular complexity index is 808. The van der Waals surface area contributed by atoms with Gasteiger partial charge < -0.3 is 0 Å². The van der Waals surface area contributed by atoms with Crippen LogP contribution in [0.2, 0.25) is 0 Å². The fourth-order valence-corrected chi connectivity index (χ4v) is 2.56. The highest BCUT2D eigenvalue weighted by atomic mass is 14.2. The molecular weight excluding hydrogens is 254 g/mol. The van der Waals surface area contributed by atoms with Gasteiger partial charge in [0.1, 0.15) is 0 Å². The monoisotopic (exact) mass is 269 g/mol. The van der Waals surface area contributed by atoms with Gasteiger partial charge in [-0.15, -0.1) is 0 Å². The normalized spacial score (nSPS) is 10.1. The van der Waals surface area contributed by atoms with E-state index in [2.05, 4.69) is 61.5 Å². The molecule has 0 heterocycles. The van der Waals surface area contributed by atoms with Gasteiger partial charge in [0.15, 0.2) is 0 Å². The Labute approximate surface area is 125 Å². The van der Waals surface area contributed by atoms with Gasteiger partial charge in [0, 0.05) is 0 Å². The molecule has 3 aromatic rings. The van der Waals surface area contributed by atoms with Gasteiger partial charge >= 0.3 is 0 Å². The van der Waals surface area contributed by atoms with Crippen LogP contribution in [0.1, 0.15) is 11.1 Å². The van der Waals surface area contributed by atoms with E-state index in [9.17, 15) is 5.26 Å². The summed E-state index contributed by atoms with van der Waals surface area (Å²) < 4.78 is 0. The summed E-state index contributed by atoms with van der Waals surface area (Å²) in [4.78, 5) is 0. The summed E-state index contributed by atoms with van der Waals surface area (Å²) in [6.07, 6.45) is 0. The molecule has 3 aromatic carbocycles. The van der Waals surface area contributed by atoms with Crippen molar-refractivity contribution in [2.24, 2.45) is 0 Å². The van der Waals surface area contributed by atoms with E-state index in [-0.39, 0.29) is 0 Å². The van der Waals surface area contributed by atoms with Gasteiger partial charge in [-0.2, -0.15) is 5.26 Å². The van der Waals surface area contributed by atoms with E-state index in [0.29, 0.717) is 5.56 Å². The zero-order chi connectivity index (χ0) is 14.7. The minimum atomic E-state index is 0.709. The van der Waals surface area contributed by atoms with Gasteiger partial charge in [0.25, 0.3) is 0 Å². The fourth-order valence-electron chi connectivity index (χ4n) is 2.56. The fraction of sp³-hybridized carbons (Fsp3) is 0.0500. The molecule has 0 N–H and O–H groups in total. The molecule has 1 nitrogen and oxygen atoms in total. The van der Waals surface area contributed by atoms with Crippen LogP contribution in [0.5, 0.6) is 0 Å². The molecule has 0 radical (unpaired) electrons. The predicted molar refractivity (Wildman–Crippen MR) is 86.8 cm³/mol. The number of benzene rings is 3. The summed E-state index contributed by atoms with van der Waals surface area (Å²) in [7, 11) is 0. The lowest BCUT2D eigenvalue weighted by Gasteiger charge is -2.08. The Kier molecular flexibility index (Phi) is 3.53. The lowest BCUT2D eigenvalue weighted by molar-refractivity contribution is 1.45. The Morgan fingerprint density at radius 1 is 0.667 bits per heavy atom. The first-order chi connectivity index (χ1) is 10.3. The minimum Gasteiger partial charge on any atom is -0.192 e. The molecule has 0 saturated heterocycles. The molecule has 0 aliphatic rings. The van der Waals surface area contributed by atoms with Gasteiger partial charge in [-0.3, -0.25) is 0 Å². The summed E-state index contributed by atoms with van der Waals surface area (Å²) in [5.41, 5.74) is 6.48. The maximum Gasteiger partial charge on any atom is 0.0998 e. The number of hydrogen-bond acceptors (Lipinski definition) is 1. The summed E-state index contributed by atoms with van der Waals surface area (Å²) in [6, 6.07) is 26.7. The van der Waals surface area contributed by atoms with E-state index < -0.39 is 0 Å². The number of hydrogen-bond donors (Lipinski definition) is 0. The van der Waals surface area contributed by atoms with Gasteiger partial charge in [0.2, 0.25) is 0 Å². The van der Waals surface area contributed by atoms with Crippen LogP contribution in [0.15, 0.2) is 72.8 Å².